The molecule has 0 bridgehead atoms. The summed E-state index contributed by atoms with van der Waals surface area (Å²) in [5.74, 6) is -0.101. The zero-order valence-electron chi connectivity index (χ0n) is 14.9. The Balaban J connectivity index is 2.24. The van der Waals surface area contributed by atoms with E-state index in [2.05, 4.69) is 23.4 Å². The van der Waals surface area contributed by atoms with E-state index >= 15 is 0 Å². The highest BCUT2D eigenvalue weighted by Crippen LogP contribution is 2.31. The van der Waals surface area contributed by atoms with Crippen molar-refractivity contribution >= 4 is 27.9 Å². The molecule has 5 heteroatoms. The summed E-state index contributed by atoms with van der Waals surface area (Å²) in [6.07, 6.45) is 1.84. The smallest absolute Gasteiger partial charge is 0.221 e. The van der Waals surface area contributed by atoms with Gasteiger partial charge < -0.3 is 9.88 Å². The molecule has 0 saturated heterocycles. The SMILES string of the molecule is C=CCn1c(-c2ccccc2)c(NC(C)=O)sc1=Nc1ccc(C)cc1. The van der Waals surface area contributed by atoms with Gasteiger partial charge in [-0.1, -0.05) is 65.4 Å². The lowest BCUT2D eigenvalue weighted by atomic mass is 10.1. The van der Waals surface area contributed by atoms with Crippen LogP contribution in [0.3, 0.4) is 0 Å². The molecule has 3 aromatic rings. The van der Waals surface area contributed by atoms with Crippen molar-refractivity contribution in [1.82, 2.24) is 4.57 Å². The Morgan fingerprint density at radius 3 is 2.50 bits per heavy atom. The Kier molecular flexibility index (Phi) is 5.49. The number of carbonyl (C=O) groups is 1. The molecule has 1 aromatic heterocycles. The van der Waals surface area contributed by atoms with Crippen molar-refractivity contribution in [2.24, 2.45) is 4.99 Å². The minimum Gasteiger partial charge on any atom is -0.316 e. The van der Waals surface area contributed by atoms with Gasteiger partial charge in [-0.05, 0) is 19.1 Å². The molecule has 0 fully saturated rings. The van der Waals surface area contributed by atoms with Gasteiger partial charge in [-0.2, -0.15) is 0 Å². The highest BCUT2D eigenvalue weighted by molar-refractivity contribution is 7.14. The number of rotatable bonds is 5. The molecule has 1 N–H and O–H groups in total. The van der Waals surface area contributed by atoms with Crippen LogP contribution < -0.4 is 10.1 Å². The molecule has 0 unspecified atom stereocenters. The normalized spacial score (nSPS) is 11.4. The van der Waals surface area contributed by atoms with E-state index in [0.29, 0.717) is 6.54 Å². The molecule has 0 saturated carbocycles. The minimum absolute atomic E-state index is 0.101. The zero-order chi connectivity index (χ0) is 18.5. The summed E-state index contributed by atoms with van der Waals surface area (Å²) in [5, 5.41) is 3.74. The number of aryl methyl sites for hydroxylation is 1. The maximum absolute atomic E-state index is 11.7. The third-order valence-corrected chi connectivity index (χ3v) is 4.81. The molecule has 0 aliphatic rings. The second kappa shape index (κ2) is 7.97. The van der Waals surface area contributed by atoms with Crippen LogP contribution in [0.2, 0.25) is 0 Å². The third-order valence-electron chi connectivity index (χ3n) is 3.82. The average molecular weight is 363 g/mol. The number of aromatic nitrogens is 1. The van der Waals surface area contributed by atoms with Crippen LogP contribution >= 0.6 is 11.3 Å². The molecule has 4 nitrogen and oxygen atoms in total. The van der Waals surface area contributed by atoms with E-state index < -0.39 is 0 Å². The van der Waals surface area contributed by atoms with Crippen molar-refractivity contribution in [2.75, 3.05) is 5.32 Å². The number of hydrogen-bond donors (Lipinski definition) is 1. The Morgan fingerprint density at radius 1 is 1.19 bits per heavy atom. The molecule has 0 aliphatic carbocycles. The second-order valence-electron chi connectivity index (χ2n) is 5.96. The van der Waals surface area contributed by atoms with Crippen LogP contribution in [0.1, 0.15) is 12.5 Å². The van der Waals surface area contributed by atoms with Gasteiger partial charge >= 0.3 is 0 Å². The first-order chi connectivity index (χ1) is 12.6. The molecule has 26 heavy (non-hydrogen) atoms. The van der Waals surface area contributed by atoms with Crippen LogP contribution in [0.25, 0.3) is 11.3 Å². The van der Waals surface area contributed by atoms with Gasteiger partial charge in [0.05, 0.1) is 11.4 Å². The number of thiazole rings is 1. The summed E-state index contributed by atoms with van der Waals surface area (Å²) < 4.78 is 2.08. The summed E-state index contributed by atoms with van der Waals surface area (Å²) in [5.41, 5.74) is 4.04. The van der Waals surface area contributed by atoms with E-state index in [9.17, 15) is 4.79 Å². The molecule has 1 heterocycles. The van der Waals surface area contributed by atoms with E-state index in [1.165, 1.54) is 23.8 Å². The van der Waals surface area contributed by atoms with Crippen molar-refractivity contribution < 1.29 is 4.79 Å². The van der Waals surface area contributed by atoms with Gasteiger partial charge in [0.15, 0.2) is 4.80 Å². The topological polar surface area (TPSA) is 46.4 Å². The van der Waals surface area contributed by atoms with Crippen molar-refractivity contribution in [3.63, 3.8) is 0 Å². The van der Waals surface area contributed by atoms with Crippen LogP contribution in [0.5, 0.6) is 0 Å². The lowest BCUT2D eigenvalue weighted by molar-refractivity contribution is -0.114. The van der Waals surface area contributed by atoms with Crippen molar-refractivity contribution in [3.05, 3.63) is 77.6 Å². The van der Waals surface area contributed by atoms with Gasteiger partial charge in [-0.25, -0.2) is 4.99 Å². The highest BCUT2D eigenvalue weighted by atomic mass is 32.1. The fourth-order valence-electron chi connectivity index (χ4n) is 2.65. The summed E-state index contributed by atoms with van der Waals surface area (Å²) in [4.78, 5) is 17.3. The maximum Gasteiger partial charge on any atom is 0.221 e. The van der Waals surface area contributed by atoms with Gasteiger partial charge in [0.1, 0.15) is 5.00 Å². The van der Waals surface area contributed by atoms with Crippen molar-refractivity contribution in [1.29, 1.82) is 0 Å². The fraction of sp³-hybridized carbons (Fsp3) is 0.143. The number of hydrogen-bond acceptors (Lipinski definition) is 3. The highest BCUT2D eigenvalue weighted by Gasteiger charge is 2.16. The number of nitrogens with zero attached hydrogens (tertiary/aromatic N) is 2. The lowest BCUT2D eigenvalue weighted by Crippen LogP contribution is -2.15. The van der Waals surface area contributed by atoms with Crippen molar-refractivity contribution in [2.45, 2.75) is 20.4 Å². The van der Waals surface area contributed by atoms with E-state index in [1.54, 1.807) is 0 Å². The second-order valence-corrected chi connectivity index (χ2v) is 6.93. The van der Waals surface area contributed by atoms with E-state index in [-0.39, 0.29) is 5.91 Å². The van der Waals surface area contributed by atoms with E-state index in [0.717, 1.165) is 26.7 Å². The van der Waals surface area contributed by atoms with Crippen LogP contribution in [0, 0.1) is 6.92 Å². The van der Waals surface area contributed by atoms with Gasteiger partial charge in [-0.3, -0.25) is 4.79 Å². The summed E-state index contributed by atoms with van der Waals surface area (Å²) in [6, 6.07) is 18.1. The van der Waals surface area contributed by atoms with Gasteiger partial charge in [0, 0.05) is 19.0 Å². The molecule has 2 aromatic carbocycles. The number of nitrogens with one attached hydrogen (secondary N) is 1. The molecule has 132 valence electrons. The average Bonchev–Trinajstić information content (AvgIpc) is 2.94. The van der Waals surface area contributed by atoms with Crippen LogP contribution in [-0.4, -0.2) is 10.5 Å². The molecule has 0 radical (unpaired) electrons. The first-order valence-corrected chi connectivity index (χ1v) is 9.19. The quantitative estimate of drug-likeness (QED) is 0.644. The third kappa shape index (κ3) is 4.00. The molecule has 1 amide bonds. The van der Waals surface area contributed by atoms with Crippen LogP contribution in [0.4, 0.5) is 10.7 Å². The fourth-order valence-corrected chi connectivity index (χ4v) is 3.78. The van der Waals surface area contributed by atoms with Crippen LogP contribution in [-0.2, 0) is 11.3 Å². The number of allylic oxidation sites excluding steroid dienone is 1. The predicted octanol–water partition coefficient (Wildman–Crippen LogP) is 4.90. The monoisotopic (exact) mass is 363 g/mol. The lowest BCUT2D eigenvalue weighted by Gasteiger charge is -2.09. The number of amides is 1. The van der Waals surface area contributed by atoms with E-state index in [4.69, 9.17) is 4.99 Å². The van der Waals surface area contributed by atoms with Gasteiger partial charge in [0.25, 0.3) is 0 Å². The van der Waals surface area contributed by atoms with Gasteiger partial charge in [0.2, 0.25) is 5.91 Å². The first kappa shape index (κ1) is 17.9. The van der Waals surface area contributed by atoms with Crippen molar-refractivity contribution in [3.8, 4) is 11.3 Å². The Hall–Kier alpha value is -2.92. The molecular formula is C21H21N3OS. The molecule has 0 aliphatic heterocycles. The molecule has 3 rings (SSSR count). The largest absolute Gasteiger partial charge is 0.316 e. The van der Waals surface area contributed by atoms with Crippen LogP contribution in [0.15, 0.2) is 72.2 Å². The summed E-state index contributed by atoms with van der Waals surface area (Å²) >= 11 is 1.46. The predicted molar refractivity (Wildman–Crippen MR) is 109 cm³/mol. The number of anilines is 1. The molecular weight excluding hydrogens is 342 g/mol. The first-order valence-electron chi connectivity index (χ1n) is 8.37. The zero-order valence-corrected chi connectivity index (χ0v) is 15.7. The standard InChI is InChI=1S/C21H21N3OS/c1-4-14-24-19(17-8-6-5-7-9-17)20(22-16(3)25)26-21(24)23-18-12-10-15(2)11-13-18/h4-13H,1,14H2,2-3H3,(H,22,25). The maximum atomic E-state index is 11.7. The number of benzene rings is 2. The van der Waals surface area contributed by atoms with E-state index in [1.807, 2.05) is 60.7 Å². The molecule has 0 spiro atoms. The Labute approximate surface area is 157 Å². The van der Waals surface area contributed by atoms with Gasteiger partial charge in [-0.15, -0.1) is 6.58 Å². The number of carbonyl (C=O) groups excluding carboxylic acids is 1. The summed E-state index contributed by atoms with van der Waals surface area (Å²) in [7, 11) is 0. The Morgan fingerprint density at radius 2 is 1.88 bits per heavy atom. The molecule has 0 atom stereocenters. The minimum atomic E-state index is -0.101. The Bertz CT molecular complexity index is 982. The summed E-state index contributed by atoms with van der Waals surface area (Å²) in [6.45, 7) is 8.05.